The first kappa shape index (κ1) is 21.7. The minimum atomic E-state index is -0.848. The van der Waals surface area contributed by atoms with Gasteiger partial charge in [0.2, 0.25) is 5.78 Å². The summed E-state index contributed by atoms with van der Waals surface area (Å²) in [6.07, 6.45) is 1.79. The van der Waals surface area contributed by atoms with Gasteiger partial charge in [0.15, 0.2) is 11.5 Å². The van der Waals surface area contributed by atoms with Gasteiger partial charge in [-0.1, -0.05) is 36.4 Å². The molecule has 36 heavy (non-hydrogen) atoms. The van der Waals surface area contributed by atoms with Gasteiger partial charge in [0.25, 0.3) is 5.91 Å². The van der Waals surface area contributed by atoms with Crippen LogP contribution in [0, 0.1) is 0 Å². The predicted octanol–water partition coefficient (Wildman–Crippen LogP) is 5.76. The van der Waals surface area contributed by atoms with E-state index in [9.17, 15) is 14.7 Å². The molecule has 0 aliphatic carbocycles. The predicted molar refractivity (Wildman–Crippen MR) is 139 cm³/mol. The highest BCUT2D eigenvalue weighted by Gasteiger charge is 2.46. The highest BCUT2D eigenvalue weighted by Crippen LogP contribution is 2.44. The lowest BCUT2D eigenvalue weighted by atomic mass is 9.94. The number of H-pyrrole nitrogens is 1. The van der Waals surface area contributed by atoms with E-state index in [1.54, 1.807) is 18.3 Å². The molecule has 1 amide bonds. The van der Waals surface area contributed by atoms with Crippen LogP contribution in [0.5, 0.6) is 0 Å². The van der Waals surface area contributed by atoms with Gasteiger partial charge in [-0.25, -0.2) is 0 Å². The lowest BCUT2D eigenvalue weighted by Gasteiger charge is -2.27. The molecule has 0 saturated heterocycles. The number of ketones is 1. The van der Waals surface area contributed by atoms with Crippen molar-refractivity contribution in [2.45, 2.75) is 6.04 Å². The zero-order chi connectivity index (χ0) is 25.0. The largest absolute Gasteiger partial charge is 0.503 e. The number of para-hydroxylation sites is 2. The van der Waals surface area contributed by atoms with Gasteiger partial charge in [-0.3, -0.25) is 14.5 Å². The number of carbonyl (C=O) groups excluding carboxylic acids is 2. The monoisotopic (exact) mass is 477 g/mol. The summed E-state index contributed by atoms with van der Waals surface area (Å²) in [7, 11) is 3.87. The van der Waals surface area contributed by atoms with E-state index in [1.165, 1.54) is 4.90 Å². The van der Waals surface area contributed by atoms with E-state index in [-0.39, 0.29) is 11.3 Å². The topological polar surface area (TPSA) is 89.8 Å². The number of carbonyl (C=O) groups is 2. The van der Waals surface area contributed by atoms with Crippen LogP contribution in [0.2, 0.25) is 0 Å². The van der Waals surface area contributed by atoms with Crippen LogP contribution in [0.1, 0.15) is 22.2 Å². The minimum Gasteiger partial charge on any atom is -0.503 e. The number of Topliss-reactive ketones (excluding diaryl/α,β-unsaturated/α-hetero) is 1. The first-order valence-corrected chi connectivity index (χ1v) is 11.6. The lowest BCUT2D eigenvalue weighted by molar-refractivity contribution is -0.117. The molecule has 6 rings (SSSR count). The van der Waals surface area contributed by atoms with Gasteiger partial charge < -0.3 is 19.4 Å². The molecule has 5 aromatic rings. The zero-order valence-corrected chi connectivity index (χ0v) is 19.7. The van der Waals surface area contributed by atoms with Crippen LogP contribution < -0.4 is 9.80 Å². The molecule has 0 bridgehead atoms. The van der Waals surface area contributed by atoms with Crippen LogP contribution >= 0.6 is 0 Å². The molecular formula is C29H23N3O4. The molecule has 178 valence electrons. The Bertz CT molecular complexity index is 1640. The second-order valence-electron chi connectivity index (χ2n) is 9.02. The number of benzene rings is 3. The highest BCUT2D eigenvalue weighted by atomic mass is 16.3. The Morgan fingerprint density at radius 1 is 1.00 bits per heavy atom. The Balaban J connectivity index is 1.53. The van der Waals surface area contributed by atoms with E-state index in [0.717, 1.165) is 22.0 Å². The van der Waals surface area contributed by atoms with Gasteiger partial charge in [-0.2, -0.15) is 0 Å². The molecular weight excluding hydrogens is 454 g/mol. The molecule has 0 saturated carbocycles. The van der Waals surface area contributed by atoms with E-state index < -0.39 is 23.5 Å². The quantitative estimate of drug-likeness (QED) is 0.314. The Kier molecular flexibility index (Phi) is 4.93. The van der Waals surface area contributed by atoms with E-state index in [4.69, 9.17) is 4.42 Å². The van der Waals surface area contributed by atoms with Crippen molar-refractivity contribution in [1.29, 1.82) is 0 Å². The molecule has 1 aliphatic rings. The fraction of sp³-hybridized carbons (Fsp3) is 0.103. The number of anilines is 2. The number of rotatable bonds is 5. The number of aliphatic hydroxyl groups is 1. The maximum Gasteiger partial charge on any atom is 0.294 e. The number of fused-ring (bicyclic) bond motifs is 2. The zero-order valence-electron chi connectivity index (χ0n) is 19.7. The van der Waals surface area contributed by atoms with E-state index >= 15 is 0 Å². The Hall–Kier alpha value is -4.78. The van der Waals surface area contributed by atoms with E-state index in [2.05, 4.69) is 4.98 Å². The van der Waals surface area contributed by atoms with E-state index in [0.29, 0.717) is 16.8 Å². The number of nitrogens with zero attached hydrogens (tertiary/aromatic N) is 2. The SMILES string of the molecule is CN(C)c1ccc(N2C(=O)C(O)=C(C(=O)c3cc4ccccc4o3)C2c2c[nH]c3ccccc23)cc1. The second-order valence-corrected chi connectivity index (χ2v) is 9.02. The standard InChI is InChI=1S/C29H23N3O4/c1-31(2)18-11-13-19(14-12-18)32-26(21-16-30-22-9-5-4-8-20(21)22)25(28(34)29(32)35)27(33)24-15-17-7-3-6-10-23(17)36-24/h3-16,26,30,34H,1-2H3. The fourth-order valence-corrected chi connectivity index (χ4v) is 4.86. The highest BCUT2D eigenvalue weighted by molar-refractivity contribution is 6.21. The third kappa shape index (κ3) is 3.28. The molecule has 0 fully saturated rings. The summed E-state index contributed by atoms with van der Waals surface area (Å²) in [5.74, 6) is -1.67. The Labute approximate surface area is 206 Å². The van der Waals surface area contributed by atoms with Crippen molar-refractivity contribution < 1.29 is 19.1 Å². The Morgan fingerprint density at radius 2 is 1.72 bits per heavy atom. The molecule has 3 aromatic carbocycles. The molecule has 7 nitrogen and oxygen atoms in total. The average molecular weight is 478 g/mol. The van der Waals surface area contributed by atoms with Crippen molar-refractivity contribution in [3.05, 3.63) is 108 Å². The summed E-state index contributed by atoms with van der Waals surface area (Å²) >= 11 is 0. The number of aromatic nitrogens is 1. The molecule has 1 unspecified atom stereocenters. The van der Waals surface area contributed by atoms with Crippen molar-refractivity contribution >= 4 is 44.9 Å². The van der Waals surface area contributed by atoms with Crippen LogP contribution in [0.4, 0.5) is 11.4 Å². The first-order chi connectivity index (χ1) is 17.4. The summed E-state index contributed by atoms with van der Waals surface area (Å²) in [5, 5.41) is 12.7. The van der Waals surface area contributed by atoms with Crippen LogP contribution in [0.3, 0.4) is 0 Å². The molecule has 3 heterocycles. The number of furan rings is 1. The molecule has 0 spiro atoms. The van der Waals surface area contributed by atoms with Gasteiger partial charge in [0, 0.05) is 53.5 Å². The van der Waals surface area contributed by atoms with Gasteiger partial charge in [-0.05, 0) is 42.5 Å². The summed E-state index contributed by atoms with van der Waals surface area (Å²) in [6.45, 7) is 0. The van der Waals surface area contributed by atoms with Gasteiger partial charge in [-0.15, -0.1) is 0 Å². The number of hydrogen-bond donors (Lipinski definition) is 2. The number of aliphatic hydroxyl groups excluding tert-OH is 1. The van der Waals surface area contributed by atoms with Crippen molar-refractivity contribution in [2.75, 3.05) is 23.9 Å². The Morgan fingerprint density at radius 3 is 2.47 bits per heavy atom. The molecule has 2 N–H and O–H groups in total. The van der Waals surface area contributed by atoms with Crippen LogP contribution in [-0.4, -0.2) is 35.9 Å². The van der Waals surface area contributed by atoms with Crippen molar-refractivity contribution in [3.8, 4) is 0 Å². The van der Waals surface area contributed by atoms with Crippen molar-refractivity contribution in [2.24, 2.45) is 0 Å². The van der Waals surface area contributed by atoms with Gasteiger partial charge >= 0.3 is 0 Å². The normalized spacial score (nSPS) is 15.9. The van der Waals surface area contributed by atoms with Crippen molar-refractivity contribution in [3.63, 3.8) is 0 Å². The summed E-state index contributed by atoms with van der Waals surface area (Å²) in [5.41, 5.74) is 3.65. The third-order valence-corrected chi connectivity index (χ3v) is 6.66. The van der Waals surface area contributed by atoms with Gasteiger partial charge in [0.05, 0.1) is 11.6 Å². The number of aromatic amines is 1. The van der Waals surface area contributed by atoms with Crippen LogP contribution in [0.15, 0.2) is 101 Å². The minimum absolute atomic E-state index is 0.0134. The maximum atomic E-state index is 13.8. The van der Waals surface area contributed by atoms with Gasteiger partial charge in [0.1, 0.15) is 5.58 Å². The smallest absolute Gasteiger partial charge is 0.294 e. The van der Waals surface area contributed by atoms with Crippen LogP contribution in [0.25, 0.3) is 21.9 Å². The van der Waals surface area contributed by atoms with E-state index in [1.807, 2.05) is 85.7 Å². The van der Waals surface area contributed by atoms with Crippen LogP contribution in [-0.2, 0) is 4.79 Å². The molecule has 1 atom stereocenters. The molecule has 7 heteroatoms. The number of nitrogens with one attached hydrogen (secondary N) is 1. The van der Waals surface area contributed by atoms with Crippen molar-refractivity contribution in [1.82, 2.24) is 4.98 Å². The lowest BCUT2D eigenvalue weighted by Crippen LogP contribution is -2.31. The number of hydrogen-bond acceptors (Lipinski definition) is 5. The number of amides is 1. The summed E-state index contributed by atoms with van der Waals surface area (Å²) in [6, 6.07) is 23.2. The summed E-state index contributed by atoms with van der Waals surface area (Å²) < 4.78 is 5.82. The average Bonchev–Trinajstić information content (AvgIpc) is 3.58. The first-order valence-electron chi connectivity index (χ1n) is 11.6. The molecule has 2 aromatic heterocycles. The fourth-order valence-electron chi connectivity index (χ4n) is 4.86. The second kappa shape index (κ2) is 8.16. The third-order valence-electron chi connectivity index (χ3n) is 6.66. The molecule has 1 aliphatic heterocycles. The summed E-state index contributed by atoms with van der Waals surface area (Å²) in [4.78, 5) is 34.0. The maximum absolute atomic E-state index is 13.8. The molecule has 0 radical (unpaired) electrons.